The third-order valence-electron chi connectivity index (χ3n) is 4.28. The van der Waals surface area contributed by atoms with Crippen LogP contribution in [-0.4, -0.2) is 47.0 Å². The number of aryl methyl sites for hydroxylation is 1. The van der Waals surface area contributed by atoms with Gasteiger partial charge in [-0.1, -0.05) is 29.5 Å². The molecular formula is C18H21N3O4S2. The average Bonchev–Trinajstić information content (AvgIpc) is 3.16. The van der Waals surface area contributed by atoms with Crippen molar-refractivity contribution in [3.63, 3.8) is 0 Å². The molecule has 0 fully saturated rings. The number of rotatable bonds is 4. The number of thioether (sulfide) groups is 2. The van der Waals surface area contributed by atoms with E-state index in [2.05, 4.69) is 5.10 Å². The third-order valence-corrected chi connectivity index (χ3v) is 7.31. The van der Waals surface area contributed by atoms with Crippen LogP contribution in [0.2, 0.25) is 0 Å². The van der Waals surface area contributed by atoms with E-state index in [4.69, 9.17) is 9.47 Å². The minimum Gasteiger partial charge on any atom is -0.464 e. The summed E-state index contributed by atoms with van der Waals surface area (Å²) < 4.78 is 9.22. The molecule has 27 heavy (non-hydrogen) atoms. The minimum atomic E-state index is -0.842. The molecule has 7 nitrogen and oxygen atoms in total. The Bertz CT molecular complexity index is 838. The molecule has 1 aromatic rings. The quantitative estimate of drug-likeness (QED) is 0.705. The van der Waals surface area contributed by atoms with Crippen molar-refractivity contribution in [1.29, 1.82) is 0 Å². The predicted molar refractivity (Wildman–Crippen MR) is 108 cm³/mol. The van der Waals surface area contributed by atoms with E-state index in [9.17, 15) is 9.59 Å². The third kappa shape index (κ3) is 3.29. The Morgan fingerprint density at radius 1 is 1.15 bits per heavy atom. The number of carbonyl (C=O) groups excluding carboxylic acids is 2. The van der Waals surface area contributed by atoms with Gasteiger partial charge < -0.3 is 14.4 Å². The number of nitrogens with zero attached hydrogens (tertiary/aromatic N) is 3. The van der Waals surface area contributed by atoms with Crippen LogP contribution in [-0.2, 0) is 19.1 Å². The Morgan fingerprint density at radius 2 is 1.81 bits per heavy atom. The summed E-state index contributed by atoms with van der Waals surface area (Å²) in [6, 6.07) is 7.83. The SMILES string of the molecule is CCOC(=O)C1=C(C)N(C)C2(SC(C(=O)OC)=NN2c2ccc(C)cc2)S1. The van der Waals surface area contributed by atoms with E-state index in [-0.39, 0.29) is 11.0 Å². The minimum absolute atomic E-state index is 0.232. The van der Waals surface area contributed by atoms with Crippen molar-refractivity contribution in [2.24, 2.45) is 5.10 Å². The lowest BCUT2D eigenvalue weighted by Crippen LogP contribution is -2.47. The average molecular weight is 408 g/mol. The van der Waals surface area contributed by atoms with Crippen molar-refractivity contribution in [2.75, 3.05) is 25.8 Å². The van der Waals surface area contributed by atoms with Crippen LogP contribution in [0.25, 0.3) is 0 Å². The highest BCUT2D eigenvalue weighted by Gasteiger charge is 2.56. The molecule has 0 aliphatic carbocycles. The van der Waals surface area contributed by atoms with Crippen molar-refractivity contribution < 1.29 is 19.1 Å². The monoisotopic (exact) mass is 407 g/mol. The summed E-state index contributed by atoms with van der Waals surface area (Å²) >= 11 is 2.57. The van der Waals surface area contributed by atoms with Crippen LogP contribution in [0.4, 0.5) is 5.69 Å². The van der Waals surface area contributed by atoms with Gasteiger partial charge in [-0.25, -0.2) is 14.6 Å². The smallest absolute Gasteiger partial charge is 0.365 e. The zero-order valence-corrected chi connectivity index (χ0v) is 17.4. The van der Waals surface area contributed by atoms with Gasteiger partial charge in [-0.05, 0) is 44.7 Å². The van der Waals surface area contributed by atoms with Crippen molar-refractivity contribution in [3.05, 3.63) is 40.4 Å². The van der Waals surface area contributed by atoms with Gasteiger partial charge in [0, 0.05) is 12.7 Å². The van der Waals surface area contributed by atoms with E-state index < -0.39 is 10.3 Å². The van der Waals surface area contributed by atoms with Gasteiger partial charge in [-0.2, -0.15) is 5.10 Å². The number of allylic oxidation sites excluding steroid dienone is 1. The molecule has 2 aliphatic heterocycles. The molecule has 144 valence electrons. The first kappa shape index (κ1) is 19.6. The number of hydrazone groups is 1. The molecule has 0 bridgehead atoms. The predicted octanol–water partition coefficient (Wildman–Crippen LogP) is 3.12. The number of methoxy groups -OCH3 is 1. The summed E-state index contributed by atoms with van der Waals surface area (Å²) in [7, 11) is 3.20. The van der Waals surface area contributed by atoms with Crippen LogP contribution in [0, 0.1) is 6.92 Å². The van der Waals surface area contributed by atoms with Crippen LogP contribution in [0.3, 0.4) is 0 Å². The molecule has 1 aromatic carbocycles. The van der Waals surface area contributed by atoms with E-state index in [1.165, 1.54) is 30.6 Å². The number of anilines is 1. The summed E-state index contributed by atoms with van der Waals surface area (Å²) in [5, 5.41) is 6.50. The Kier molecular flexibility index (Phi) is 5.43. The van der Waals surface area contributed by atoms with Crippen molar-refractivity contribution >= 4 is 46.2 Å². The van der Waals surface area contributed by atoms with Gasteiger partial charge in [0.1, 0.15) is 4.91 Å². The van der Waals surface area contributed by atoms with E-state index in [0.29, 0.717) is 11.5 Å². The molecular weight excluding hydrogens is 386 g/mol. The summed E-state index contributed by atoms with van der Waals surface area (Å²) in [4.78, 5) is 27.0. The summed E-state index contributed by atoms with van der Waals surface area (Å²) in [6.45, 7) is 5.93. The standard InChI is InChI=1S/C18H21N3O4S2/c1-6-25-16(22)14-12(3)20(4)18(26-14)21(13-9-7-11(2)8-10-13)19-15(27-18)17(23)24-5/h7-10H,6H2,1-5H3. The molecule has 0 aromatic heterocycles. The number of hydrogen-bond donors (Lipinski definition) is 0. The molecule has 1 spiro atoms. The first-order valence-electron chi connectivity index (χ1n) is 8.37. The van der Waals surface area contributed by atoms with Crippen LogP contribution >= 0.6 is 23.5 Å². The topological polar surface area (TPSA) is 71.4 Å². The molecule has 0 N–H and O–H groups in total. The van der Waals surface area contributed by atoms with Gasteiger partial charge in [0.05, 0.1) is 19.4 Å². The fourth-order valence-electron chi connectivity index (χ4n) is 2.72. The van der Waals surface area contributed by atoms with E-state index in [1.54, 1.807) is 11.9 Å². The fourth-order valence-corrected chi connectivity index (χ4v) is 5.62. The zero-order chi connectivity index (χ0) is 19.8. The van der Waals surface area contributed by atoms with Crippen LogP contribution in [0.15, 0.2) is 40.0 Å². The number of ether oxygens (including phenoxy) is 2. The van der Waals surface area contributed by atoms with E-state index >= 15 is 0 Å². The van der Waals surface area contributed by atoms with Gasteiger partial charge in [0.2, 0.25) is 9.37 Å². The molecule has 0 saturated carbocycles. The second kappa shape index (κ2) is 7.47. The first-order valence-corrected chi connectivity index (χ1v) is 10.0. The lowest BCUT2D eigenvalue weighted by atomic mass is 10.2. The van der Waals surface area contributed by atoms with Crippen LogP contribution < -0.4 is 5.01 Å². The Labute approximate surface area is 166 Å². The van der Waals surface area contributed by atoms with Gasteiger partial charge in [0.25, 0.3) is 0 Å². The largest absolute Gasteiger partial charge is 0.464 e. The highest BCUT2D eigenvalue weighted by atomic mass is 32.2. The number of benzene rings is 1. The van der Waals surface area contributed by atoms with Crippen molar-refractivity contribution in [1.82, 2.24) is 4.90 Å². The van der Waals surface area contributed by atoms with Crippen LogP contribution in [0.5, 0.6) is 0 Å². The van der Waals surface area contributed by atoms with Gasteiger partial charge in [0.15, 0.2) is 0 Å². The lowest BCUT2D eigenvalue weighted by molar-refractivity contribution is -0.137. The molecule has 9 heteroatoms. The number of esters is 2. The molecule has 2 aliphatic rings. The highest BCUT2D eigenvalue weighted by Crippen LogP contribution is 2.58. The number of hydrogen-bond acceptors (Lipinski definition) is 9. The fraction of sp³-hybridized carbons (Fsp3) is 0.389. The maximum absolute atomic E-state index is 12.4. The molecule has 0 radical (unpaired) electrons. The number of carbonyl (C=O) groups is 2. The van der Waals surface area contributed by atoms with Crippen LogP contribution in [0.1, 0.15) is 19.4 Å². The molecule has 3 rings (SSSR count). The van der Waals surface area contributed by atoms with Gasteiger partial charge in [-0.15, -0.1) is 0 Å². The molecule has 0 saturated heterocycles. The summed E-state index contributed by atoms with van der Waals surface area (Å²) in [5.41, 5.74) is 2.69. The molecule has 1 unspecified atom stereocenters. The summed E-state index contributed by atoms with van der Waals surface area (Å²) in [5.74, 6) is -0.884. The second-order valence-electron chi connectivity index (χ2n) is 5.99. The Morgan fingerprint density at radius 3 is 2.41 bits per heavy atom. The summed E-state index contributed by atoms with van der Waals surface area (Å²) in [6.07, 6.45) is 0. The van der Waals surface area contributed by atoms with E-state index in [1.807, 2.05) is 50.1 Å². The second-order valence-corrected chi connectivity index (χ2v) is 8.59. The Balaban J connectivity index is 2.03. The maximum atomic E-state index is 12.4. The molecule has 0 amide bonds. The first-order chi connectivity index (χ1) is 12.8. The highest BCUT2D eigenvalue weighted by molar-refractivity contribution is 8.28. The van der Waals surface area contributed by atoms with E-state index in [0.717, 1.165) is 16.9 Å². The molecule has 1 atom stereocenters. The van der Waals surface area contributed by atoms with Gasteiger partial charge >= 0.3 is 11.9 Å². The maximum Gasteiger partial charge on any atom is 0.365 e. The Hall–Kier alpha value is -2.13. The molecule has 2 heterocycles. The van der Waals surface area contributed by atoms with Crippen molar-refractivity contribution in [2.45, 2.75) is 25.1 Å². The lowest BCUT2D eigenvalue weighted by Gasteiger charge is -2.39. The van der Waals surface area contributed by atoms with Crippen molar-refractivity contribution in [3.8, 4) is 0 Å². The normalized spacial score (nSPS) is 21.7. The van der Waals surface area contributed by atoms with Gasteiger partial charge in [-0.3, -0.25) is 0 Å². The zero-order valence-electron chi connectivity index (χ0n) is 15.8.